The Hall–Kier alpha value is -2.83. The summed E-state index contributed by atoms with van der Waals surface area (Å²) in [5, 5.41) is 7.08. The molecule has 0 amide bonds. The number of pyridine rings is 1. The van der Waals surface area contributed by atoms with E-state index in [0.717, 1.165) is 12.1 Å². The molecule has 0 fully saturated rings. The van der Waals surface area contributed by atoms with E-state index in [9.17, 15) is 13.2 Å². The number of nitrogens with zero attached hydrogens (tertiary/aromatic N) is 3. The molecule has 4 nitrogen and oxygen atoms in total. The lowest BCUT2D eigenvalue weighted by molar-refractivity contribution is -0.137. The third-order valence-corrected chi connectivity index (χ3v) is 3.58. The number of aromatic nitrogens is 4. The predicted molar refractivity (Wildman–Crippen MR) is 75.3 cm³/mol. The molecule has 0 saturated carbocycles. The van der Waals surface area contributed by atoms with Crippen molar-refractivity contribution in [3.8, 4) is 11.3 Å². The van der Waals surface area contributed by atoms with Crippen LogP contribution in [0.25, 0.3) is 27.8 Å². The summed E-state index contributed by atoms with van der Waals surface area (Å²) in [7, 11) is 0. The summed E-state index contributed by atoms with van der Waals surface area (Å²) in [4.78, 5) is 4.23. The number of imidazole rings is 1. The number of rotatable bonds is 1. The number of hydrogen-bond donors (Lipinski definition) is 1. The molecule has 0 spiro atoms. The van der Waals surface area contributed by atoms with Crippen molar-refractivity contribution in [1.82, 2.24) is 19.6 Å². The second-order valence-electron chi connectivity index (χ2n) is 4.93. The third kappa shape index (κ3) is 1.86. The molecule has 0 bridgehead atoms. The molecule has 0 saturated heterocycles. The fraction of sp³-hybridized carbons (Fsp3) is 0.0667. The topological polar surface area (TPSA) is 46.0 Å². The van der Waals surface area contributed by atoms with E-state index in [1.165, 1.54) is 6.20 Å². The van der Waals surface area contributed by atoms with Crippen LogP contribution >= 0.6 is 0 Å². The molecular weight excluding hydrogens is 293 g/mol. The van der Waals surface area contributed by atoms with E-state index in [4.69, 9.17) is 0 Å². The van der Waals surface area contributed by atoms with Crippen LogP contribution in [0.2, 0.25) is 0 Å². The standard InChI is InChI=1S/C15H9F3N4/c16-15(17,18)9-5-10(11-7-20-21-12(11)6-9)13-8-19-14-3-1-2-4-22(13)14/h1-8H,(H,20,21). The third-order valence-electron chi connectivity index (χ3n) is 3.58. The van der Waals surface area contributed by atoms with Crippen molar-refractivity contribution in [2.45, 2.75) is 6.18 Å². The molecule has 4 aromatic rings. The van der Waals surface area contributed by atoms with E-state index < -0.39 is 11.7 Å². The SMILES string of the molecule is FC(F)(F)c1cc(-c2cnc3ccccn23)c2cn[nH]c2c1. The number of nitrogens with one attached hydrogen (secondary N) is 1. The van der Waals surface area contributed by atoms with Crippen LogP contribution in [0.3, 0.4) is 0 Å². The van der Waals surface area contributed by atoms with Gasteiger partial charge in [0.25, 0.3) is 0 Å². The lowest BCUT2D eigenvalue weighted by Crippen LogP contribution is -2.05. The van der Waals surface area contributed by atoms with Crippen molar-refractivity contribution in [3.05, 3.63) is 54.5 Å². The van der Waals surface area contributed by atoms with Gasteiger partial charge in [0.1, 0.15) is 5.65 Å². The van der Waals surface area contributed by atoms with Gasteiger partial charge in [-0.25, -0.2) is 4.98 Å². The highest BCUT2D eigenvalue weighted by Crippen LogP contribution is 2.36. The second-order valence-corrected chi connectivity index (χ2v) is 4.93. The molecule has 1 aromatic carbocycles. The molecule has 0 aliphatic heterocycles. The number of alkyl halides is 3. The van der Waals surface area contributed by atoms with Gasteiger partial charge >= 0.3 is 6.18 Å². The Kier molecular flexibility index (Phi) is 2.53. The summed E-state index contributed by atoms with van der Waals surface area (Å²) in [6.45, 7) is 0. The average molecular weight is 302 g/mol. The number of fused-ring (bicyclic) bond motifs is 2. The maximum Gasteiger partial charge on any atom is 0.416 e. The molecule has 0 atom stereocenters. The maximum absolute atomic E-state index is 13.1. The van der Waals surface area contributed by atoms with Gasteiger partial charge in [0, 0.05) is 17.1 Å². The minimum absolute atomic E-state index is 0.343. The quantitative estimate of drug-likeness (QED) is 0.579. The summed E-state index contributed by atoms with van der Waals surface area (Å²) >= 11 is 0. The fourth-order valence-corrected chi connectivity index (χ4v) is 2.56. The van der Waals surface area contributed by atoms with Crippen LogP contribution in [0, 0.1) is 0 Å². The van der Waals surface area contributed by atoms with Crippen LogP contribution in [-0.2, 0) is 6.18 Å². The van der Waals surface area contributed by atoms with Gasteiger partial charge in [0.15, 0.2) is 0 Å². The zero-order valence-electron chi connectivity index (χ0n) is 11.1. The van der Waals surface area contributed by atoms with Crippen molar-refractivity contribution < 1.29 is 13.2 Å². The molecule has 110 valence electrons. The van der Waals surface area contributed by atoms with E-state index >= 15 is 0 Å². The Morgan fingerprint density at radius 3 is 2.77 bits per heavy atom. The monoisotopic (exact) mass is 302 g/mol. The Bertz CT molecular complexity index is 981. The Morgan fingerprint density at radius 2 is 1.95 bits per heavy atom. The van der Waals surface area contributed by atoms with E-state index in [1.54, 1.807) is 28.9 Å². The van der Waals surface area contributed by atoms with Crippen LogP contribution in [0.1, 0.15) is 5.56 Å². The smallest absolute Gasteiger partial charge is 0.300 e. The van der Waals surface area contributed by atoms with Gasteiger partial charge in [-0.2, -0.15) is 18.3 Å². The van der Waals surface area contributed by atoms with Crippen molar-refractivity contribution in [1.29, 1.82) is 0 Å². The van der Waals surface area contributed by atoms with Gasteiger partial charge < -0.3 is 0 Å². The highest BCUT2D eigenvalue weighted by Gasteiger charge is 2.32. The van der Waals surface area contributed by atoms with Crippen molar-refractivity contribution in [2.24, 2.45) is 0 Å². The second kappa shape index (κ2) is 4.33. The van der Waals surface area contributed by atoms with Gasteiger partial charge in [0.2, 0.25) is 0 Å². The van der Waals surface area contributed by atoms with Crippen molar-refractivity contribution in [2.75, 3.05) is 0 Å². The van der Waals surface area contributed by atoms with E-state index in [2.05, 4.69) is 15.2 Å². The first-order chi connectivity index (χ1) is 10.5. The molecule has 22 heavy (non-hydrogen) atoms. The van der Waals surface area contributed by atoms with Crippen LogP contribution in [0.15, 0.2) is 48.9 Å². The minimum atomic E-state index is -4.42. The zero-order chi connectivity index (χ0) is 15.3. The molecule has 4 rings (SSSR count). The summed E-state index contributed by atoms with van der Waals surface area (Å²) in [6.07, 6.45) is 0.433. The van der Waals surface area contributed by atoms with Gasteiger partial charge in [-0.15, -0.1) is 0 Å². The predicted octanol–water partition coefficient (Wildman–Crippen LogP) is 3.90. The number of H-pyrrole nitrogens is 1. The summed E-state index contributed by atoms with van der Waals surface area (Å²) in [5.74, 6) is 0. The lowest BCUT2D eigenvalue weighted by Gasteiger charge is -2.10. The first kappa shape index (κ1) is 12.9. The molecule has 3 heterocycles. The highest BCUT2D eigenvalue weighted by atomic mass is 19.4. The number of benzene rings is 1. The van der Waals surface area contributed by atoms with Crippen molar-refractivity contribution >= 4 is 16.6 Å². The van der Waals surface area contributed by atoms with Crippen molar-refractivity contribution in [3.63, 3.8) is 0 Å². The molecule has 0 unspecified atom stereocenters. The molecule has 0 aliphatic carbocycles. The molecule has 0 radical (unpaired) electrons. The minimum Gasteiger partial charge on any atom is -0.300 e. The van der Waals surface area contributed by atoms with Crippen LogP contribution in [-0.4, -0.2) is 19.6 Å². The summed E-state index contributed by atoms with van der Waals surface area (Å²) in [6, 6.07) is 7.62. The van der Waals surface area contributed by atoms with Gasteiger partial charge in [0.05, 0.1) is 29.2 Å². The van der Waals surface area contributed by atoms with E-state index in [0.29, 0.717) is 27.8 Å². The molecular formula is C15H9F3N4. The van der Waals surface area contributed by atoms with Gasteiger partial charge in [-0.3, -0.25) is 9.50 Å². The number of aromatic amines is 1. The number of hydrogen-bond acceptors (Lipinski definition) is 2. The molecule has 0 aliphatic rings. The maximum atomic E-state index is 13.1. The van der Waals surface area contributed by atoms with Crippen LogP contribution in [0.4, 0.5) is 13.2 Å². The fourth-order valence-electron chi connectivity index (χ4n) is 2.56. The molecule has 3 aromatic heterocycles. The normalized spacial score (nSPS) is 12.3. The first-order valence-corrected chi connectivity index (χ1v) is 6.51. The molecule has 1 N–H and O–H groups in total. The highest BCUT2D eigenvalue weighted by molar-refractivity contribution is 5.94. The molecule has 7 heteroatoms. The Labute approximate surface area is 122 Å². The zero-order valence-corrected chi connectivity index (χ0v) is 11.1. The largest absolute Gasteiger partial charge is 0.416 e. The lowest BCUT2D eigenvalue weighted by atomic mass is 10.0. The summed E-state index contributed by atoms with van der Waals surface area (Å²) in [5.41, 5.74) is 1.33. The summed E-state index contributed by atoms with van der Waals surface area (Å²) < 4.78 is 41.1. The Balaban J connectivity index is 2.07. The van der Waals surface area contributed by atoms with Gasteiger partial charge in [-0.05, 0) is 24.3 Å². The number of halogens is 3. The Morgan fingerprint density at radius 1 is 1.09 bits per heavy atom. The van der Waals surface area contributed by atoms with Gasteiger partial charge in [-0.1, -0.05) is 6.07 Å². The van der Waals surface area contributed by atoms with E-state index in [-0.39, 0.29) is 0 Å². The van der Waals surface area contributed by atoms with Crippen LogP contribution < -0.4 is 0 Å². The van der Waals surface area contributed by atoms with E-state index in [1.807, 2.05) is 6.07 Å². The average Bonchev–Trinajstić information content (AvgIpc) is 3.12. The first-order valence-electron chi connectivity index (χ1n) is 6.51. The van der Waals surface area contributed by atoms with Crippen LogP contribution in [0.5, 0.6) is 0 Å².